The summed E-state index contributed by atoms with van der Waals surface area (Å²) >= 11 is 0. The fourth-order valence-corrected chi connectivity index (χ4v) is 3.75. The van der Waals surface area contributed by atoms with Crippen molar-refractivity contribution in [2.24, 2.45) is 11.3 Å². The van der Waals surface area contributed by atoms with Crippen molar-refractivity contribution in [2.45, 2.75) is 25.8 Å². The molecule has 1 saturated carbocycles. The monoisotopic (exact) mass is 231 g/mol. The highest BCUT2D eigenvalue weighted by atomic mass is 16.3. The van der Waals surface area contributed by atoms with Gasteiger partial charge < -0.3 is 5.11 Å². The van der Waals surface area contributed by atoms with Crippen LogP contribution in [0.2, 0.25) is 0 Å². The molecular weight excluding hydrogens is 210 g/mol. The van der Waals surface area contributed by atoms with Gasteiger partial charge in [-0.15, -0.1) is 0 Å². The lowest BCUT2D eigenvalue weighted by Gasteiger charge is -2.26. The van der Waals surface area contributed by atoms with E-state index in [4.69, 9.17) is 0 Å². The molecule has 1 aromatic rings. The van der Waals surface area contributed by atoms with Gasteiger partial charge in [0.25, 0.3) is 0 Å². The van der Waals surface area contributed by atoms with E-state index in [1.54, 1.807) is 0 Å². The van der Waals surface area contributed by atoms with Gasteiger partial charge in [-0.3, -0.25) is 4.90 Å². The van der Waals surface area contributed by atoms with Gasteiger partial charge in [-0.05, 0) is 24.3 Å². The molecule has 1 saturated heterocycles. The minimum Gasteiger partial charge on any atom is -0.396 e. The molecule has 0 spiro atoms. The second-order valence-corrected chi connectivity index (χ2v) is 5.76. The van der Waals surface area contributed by atoms with Crippen molar-refractivity contribution in [3.63, 3.8) is 0 Å². The summed E-state index contributed by atoms with van der Waals surface area (Å²) in [4.78, 5) is 2.52. The highest BCUT2D eigenvalue weighted by Gasteiger charge is 2.48. The van der Waals surface area contributed by atoms with Crippen molar-refractivity contribution >= 4 is 0 Å². The molecule has 3 rings (SSSR count). The summed E-state index contributed by atoms with van der Waals surface area (Å²) < 4.78 is 0. The van der Waals surface area contributed by atoms with Crippen molar-refractivity contribution in [2.75, 3.05) is 19.7 Å². The summed E-state index contributed by atoms with van der Waals surface area (Å²) in [6.45, 7) is 3.68. The van der Waals surface area contributed by atoms with Gasteiger partial charge in [0.05, 0.1) is 6.61 Å². The first-order valence-corrected chi connectivity index (χ1v) is 6.69. The molecule has 1 aliphatic carbocycles. The molecule has 92 valence electrons. The fourth-order valence-electron chi connectivity index (χ4n) is 3.75. The fraction of sp³-hybridized carbons (Fsp3) is 0.600. The summed E-state index contributed by atoms with van der Waals surface area (Å²) in [5.74, 6) is 0.733. The van der Waals surface area contributed by atoms with E-state index in [1.165, 1.54) is 31.4 Å². The van der Waals surface area contributed by atoms with E-state index in [0.717, 1.165) is 19.0 Å². The topological polar surface area (TPSA) is 23.5 Å². The van der Waals surface area contributed by atoms with E-state index in [2.05, 4.69) is 35.2 Å². The number of nitrogens with zero attached hydrogens (tertiary/aromatic N) is 1. The van der Waals surface area contributed by atoms with Gasteiger partial charge >= 0.3 is 0 Å². The van der Waals surface area contributed by atoms with Crippen molar-refractivity contribution in [1.82, 2.24) is 4.90 Å². The van der Waals surface area contributed by atoms with Crippen LogP contribution in [0.4, 0.5) is 0 Å². The molecule has 1 N–H and O–H groups in total. The average molecular weight is 231 g/mol. The summed E-state index contributed by atoms with van der Waals surface area (Å²) in [5, 5.41) is 9.68. The first-order chi connectivity index (χ1) is 8.32. The lowest BCUT2D eigenvalue weighted by atomic mass is 9.82. The summed E-state index contributed by atoms with van der Waals surface area (Å²) in [5.41, 5.74) is 1.62. The van der Waals surface area contributed by atoms with Crippen molar-refractivity contribution < 1.29 is 5.11 Å². The van der Waals surface area contributed by atoms with E-state index in [0.29, 0.717) is 6.61 Å². The minimum absolute atomic E-state index is 0.231. The molecule has 1 heterocycles. The van der Waals surface area contributed by atoms with Crippen LogP contribution in [0.25, 0.3) is 0 Å². The van der Waals surface area contributed by atoms with Gasteiger partial charge in [0.2, 0.25) is 0 Å². The van der Waals surface area contributed by atoms with Crippen molar-refractivity contribution in [3.8, 4) is 0 Å². The predicted molar refractivity (Wildman–Crippen MR) is 68.6 cm³/mol. The average Bonchev–Trinajstić information content (AvgIpc) is 2.87. The predicted octanol–water partition coefficient (Wildman–Crippen LogP) is 2.28. The number of hydrogen-bond donors (Lipinski definition) is 1. The molecule has 0 aromatic heterocycles. The highest BCUT2D eigenvalue weighted by molar-refractivity contribution is 5.15. The van der Waals surface area contributed by atoms with Crippen molar-refractivity contribution in [3.05, 3.63) is 35.9 Å². The molecule has 17 heavy (non-hydrogen) atoms. The molecule has 2 fully saturated rings. The van der Waals surface area contributed by atoms with Crippen LogP contribution in [0.3, 0.4) is 0 Å². The smallest absolute Gasteiger partial charge is 0.0502 e. The van der Waals surface area contributed by atoms with E-state index < -0.39 is 0 Å². The maximum Gasteiger partial charge on any atom is 0.0502 e. The summed E-state index contributed by atoms with van der Waals surface area (Å²) in [7, 11) is 0. The van der Waals surface area contributed by atoms with Gasteiger partial charge in [0.15, 0.2) is 0 Å². The Morgan fingerprint density at radius 3 is 2.82 bits per heavy atom. The van der Waals surface area contributed by atoms with Crippen LogP contribution in [-0.2, 0) is 6.54 Å². The zero-order valence-corrected chi connectivity index (χ0v) is 10.3. The van der Waals surface area contributed by atoms with Gasteiger partial charge in [0, 0.05) is 25.0 Å². The third-order valence-electron chi connectivity index (χ3n) is 4.67. The number of aliphatic hydroxyl groups is 1. The first-order valence-electron chi connectivity index (χ1n) is 6.69. The SMILES string of the molecule is OC[C@]12CCC[C@@H]1CN(Cc1ccccc1)C2. The molecule has 2 aliphatic rings. The summed E-state index contributed by atoms with van der Waals surface area (Å²) in [6.07, 6.45) is 3.84. The Balaban J connectivity index is 1.68. The number of benzene rings is 1. The zero-order valence-electron chi connectivity index (χ0n) is 10.3. The van der Waals surface area contributed by atoms with E-state index in [-0.39, 0.29) is 5.41 Å². The number of rotatable bonds is 3. The quantitative estimate of drug-likeness (QED) is 0.862. The molecule has 0 radical (unpaired) electrons. The van der Waals surface area contributed by atoms with Crippen LogP contribution >= 0.6 is 0 Å². The molecule has 2 heteroatoms. The van der Waals surface area contributed by atoms with Crippen LogP contribution < -0.4 is 0 Å². The van der Waals surface area contributed by atoms with Gasteiger partial charge in [0.1, 0.15) is 0 Å². The lowest BCUT2D eigenvalue weighted by Crippen LogP contribution is -2.30. The van der Waals surface area contributed by atoms with Crippen LogP contribution in [0.1, 0.15) is 24.8 Å². The third-order valence-corrected chi connectivity index (χ3v) is 4.67. The third kappa shape index (κ3) is 2.00. The standard InChI is InChI=1S/C15H21NO/c17-12-15-8-4-7-14(15)10-16(11-15)9-13-5-2-1-3-6-13/h1-3,5-6,14,17H,4,7-12H2/t14-,15-/m1/s1. The van der Waals surface area contributed by atoms with E-state index >= 15 is 0 Å². The maximum atomic E-state index is 9.68. The number of fused-ring (bicyclic) bond motifs is 1. The molecule has 2 nitrogen and oxygen atoms in total. The highest BCUT2D eigenvalue weighted by Crippen LogP contribution is 2.48. The molecule has 1 aromatic carbocycles. The lowest BCUT2D eigenvalue weighted by molar-refractivity contribution is 0.111. The van der Waals surface area contributed by atoms with Gasteiger partial charge in [-0.1, -0.05) is 36.8 Å². The molecule has 1 aliphatic heterocycles. The van der Waals surface area contributed by atoms with E-state index in [9.17, 15) is 5.11 Å². The molecule has 0 unspecified atom stereocenters. The molecule has 0 amide bonds. The van der Waals surface area contributed by atoms with Crippen LogP contribution in [0.15, 0.2) is 30.3 Å². The Bertz CT molecular complexity index is 378. The molecule has 2 atom stereocenters. The Kier molecular flexibility index (Phi) is 2.93. The van der Waals surface area contributed by atoms with Crippen molar-refractivity contribution in [1.29, 1.82) is 0 Å². The number of likely N-dealkylation sites (tertiary alicyclic amines) is 1. The number of hydrogen-bond acceptors (Lipinski definition) is 2. The van der Waals surface area contributed by atoms with Crippen LogP contribution in [-0.4, -0.2) is 29.7 Å². The first kappa shape index (κ1) is 11.2. The molecular formula is C15H21NO. The maximum absolute atomic E-state index is 9.68. The van der Waals surface area contributed by atoms with Crippen LogP contribution in [0, 0.1) is 11.3 Å². The van der Waals surface area contributed by atoms with Gasteiger partial charge in [-0.25, -0.2) is 0 Å². The second-order valence-electron chi connectivity index (χ2n) is 5.76. The minimum atomic E-state index is 0.231. The van der Waals surface area contributed by atoms with Crippen LogP contribution in [0.5, 0.6) is 0 Å². The Morgan fingerprint density at radius 1 is 1.29 bits per heavy atom. The second kappa shape index (κ2) is 4.43. The summed E-state index contributed by atoms with van der Waals surface area (Å²) in [6, 6.07) is 10.7. The van der Waals surface area contributed by atoms with Gasteiger partial charge in [-0.2, -0.15) is 0 Å². The zero-order chi connectivity index (χ0) is 11.7. The van der Waals surface area contributed by atoms with E-state index in [1.807, 2.05) is 0 Å². The molecule has 0 bridgehead atoms. The Morgan fingerprint density at radius 2 is 2.12 bits per heavy atom. The largest absolute Gasteiger partial charge is 0.396 e. The Labute approximate surface area is 103 Å². The normalized spacial score (nSPS) is 32.9. The number of aliphatic hydroxyl groups excluding tert-OH is 1. The Hall–Kier alpha value is -0.860.